The molecular formula is C22H31ClFN3O2. The average molecular weight is 424 g/mol. The Kier molecular flexibility index (Phi) is 6.54. The molecule has 5 nitrogen and oxygen atoms in total. The van der Waals surface area contributed by atoms with Crippen molar-refractivity contribution < 1.29 is 14.0 Å². The summed E-state index contributed by atoms with van der Waals surface area (Å²) in [4.78, 5) is 29.2. The third-order valence-corrected chi connectivity index (χ3v) is 6.57. The van der Waals surface area contributed by atoms with Crippen molar-refractivity contribution in [1.29, 1.82) is 0 Å². The number of nitrogens with one attached hydrogen (secondary N) is 1. The van der Waals surface area contributed by atoms with Gasteiger partial charge in [0.15, 0.2) is 0 Å². The molecule has 2 saturated heterocycles. The van der Waals surface area contributed by atoms with Crippen molar-refractivity contribution in [3.05, 3.63) is 34.6 Å². The molecule has 3 atom stereocenters. The molecule has 1 aromatic carbocycles. The van der Waals surface area contributed by atoms with E-state index in [4.69, 9.17) is 11.6 Å². The molecule has 29 heavy (non-hydrogen) atoms. The number of halogens is 2. The highest BCUT2D eigenvalue weighted by molar-refractivity contribution is 6.31. The summed E-state index contributed by atoms with van der Waals surface area (Å²) >= 11 is 5.84. The molecule has 2 aliphatic heterocycles. The Balaban J connectivity index is 1.53. The van der Waals surface area contributed by atoms with Gasteiger partial charge in [-0.2, -0.15) is 0 Å². The molecule has 2 aliphatic rings. The van der Waals surface area contributed by atoms with Crippen molar-refractivity contribution in [2.45, 2.75) is 64.1 Å². The summed E-state index contributed by atoms with van der Waals surface area (Å²) in [6.45, 7) is 7.15. The number of carbonyl (C=O) groups is 2. The first-order valence-electron chi connectivity index (χ1n) is 10.3. The molecule has 2 amide bonds. The number of carbonyl (C=O) groups excluding carboxylic acids is 2. The van der Waals surface area contributed by atoms with Gasteiger partial charge in [0.25, 0.3) is 5.91 Å². The third-order valence-electron chi connectivity index (χ3n) is 6.36. The maximum atomic E-state index is 13.5. The fraction of sp³-hybridized carbons (Fsp3) is 0.636. The first kappa shape index (κ1) is 22.0. The monoisotopic (exact) mass is 423 g/mol. The number of piperidine rings is 1. The summed E-state index contributed by atoms with van der Waals surface area (Å²) < 4.78 is 13.5. The predicted molar refractivity (Wildman–Crippen MR) is 113 cm³/mol. The number of benzene rings is 1. The highest BCUT2D eigenvalue weighted by Gasteiger charge is 2.42. The molecule has 0 saturated carbocycles. The lowest BCUT2D eigenvalue weighted by molar-refractivity contribution is -0.136. The van der Waals surface area contributed by atoms with E-state index in [1.165, 1.54) is 18.2 Å². The minimum atomic E-state index is -0.515. The number of hydrogen-bond donors (Lipinski definition) is 1. The largest absolute Gasteiger partial charge is 0.352 e. The van der Waals surface area contributed by atoms with Gasteiger partial charge in [0.1, 0.15) is 5.82 Å². The van der Waals surface area contributed by atoms with E-state index in [0.29, 0.717) is 31.1 Å². The van der Waals surface area contributed by atoms with Gasteiger partial charge < -0.3 is 10.2 Å². The van der Waals surface area contributed by atoms with E-state index in [0.717, 1.165) is 25.7 Å². The van der Waals surface area contributed by atoms with Gasteiger partial charge in [-0.1, -0.05) is 11.6 Å². The van der Waals surface area contributed by atoms with E-state index < -0.39 is 5.82 Å². The van der Waals surface area contributed by atoms with Crippen molar-refractivity contribution in [1.82, 2.24) is 15.1 Å². The fourth-order valence-electron chi connectivity index (χ4n) is 4.47. The molecule has 160 valence electrons. The zero-order valence-corrected chi connectivity index (χ0v) is 18.4. The van der Waals surface area contributed by atoms with Crippen LogP contribution in [0.5, 0.6) is 0 Å². The van der Waals surface area contributed by atoms with Crippen molar-refractivity contribution in [3.8, 4) is 0 Å². The molecule has 0 aliphatic carbocycles. The second kappa shape index (κ2) is 8.60. The maximum Gasteiger partial charge on any atom is 0.251 e. The lowest BCUT2D eigenvalue weighted by Gasteiger charge is -2.40. The van der Waals surface area contributed by atoms with E-state index >= 15 is 0 Å². The van der Waals surface area contributed by atoms with Gasteiger partial charge in [-0.25, -0.2) is 4.39 Å². The smallest absolute Gasteiger partial charge is 0.251 e. The van der Waals surface area contributed by atoms with Crippen LogP contribution in [0.1, 0.15) is 56.8 Å². The average Bonchev–Trinajstić information content (AvgIpc) is 2.86. The lowest BCUT2D eigenvalue weighted by Crippen LogP contribution is -2.52. The van der Waals surface area contributed by atoms with Gasteiger partial charge in [0.2, 0.25) is 5.91 Å². The molecule has 1 aromatic rings. The van der Waals surface area contributed by atoms with Crippen molar-refractivity contribution in [2.24, 2.45) is 5.92 Å². The van der Waals surface area contributed by atoms with Crippen LogP contribution in [0.2, 0.25) is 5.02 Å². The van der Waals surface area contributed by atoms with Gasteiger partial charge in [-0.15, -0.1) is 0 Å². The minimum Gasteiger partial charge on any atom is -0.352 e. The molecular weight excluding hydrogens is 393 g/mol. The fourth-order valence-corrected chi connectivity index (χ4v) is 4.69. The zero-order chi connectivity index (χ0) is 21.3. The summed E-state index contributed by atoms with van der Waals surface area (Å²) in [5.74, 6) is -0.293. The molecule has 2 fully saturated rings. The molecule has 1 N–H and O–H groups in total. The van der Waals surface area contributed by atoms with E-state index in [1.54, 1.807) is 0 Å². The Morgan fingerprint density at radius 2 is 1.83 bits per heavy atom. The van der Waals surface area contributed by atoms with Crippen LogP contribution in [0.25, 0.3) is 0 Å². The standard InChI is InChI=1S/C22H31ClFN3O2/c1-22(2,3)26(4)20(28)13-27-18-5-6-19(27)8-14(7-18)12-25-21(29)15-9-16(23)11-17(24)10-15/h9-11,14,18-19H,5-8,12-13H2,1-4H3,(H,25,29)/t14-,18-,19+. The zero-order valence-electron chi connectivity index (χ0n) is 17.7. The van der Waals surface area contributed by atoms with E-state index in [2.05, 4.69) is 10.2 Å². The highest BCUT2D eigenvalue weighted by Crippen LogP contribution is 2.38. The molecule has 2 bridgehead atoms. The van der Waals surface area contributed by atoms with Crippen LogP contribution in [0.15, 0.2) is 18.2 Å². The normalized spacial score (nSPS) is 24.4. The van der Waals surface area contributed by atoms with Crippen LogP contribution < -0.4 is 5.32 Å². The van der Waals surface area contributed by atoms with E-state index in [-0.39, 0.29) is 27.9 Å². The Bertz CT molecular complexity index is 746. The Morgan fingerprint density at radius 3 is 2.38 bits per heavy atom. The summed E-state index contributed by atoms with van der Waals surface area (Å²) in [5.41, 5.74) is 0.0599. The number of likely N-dealkylation sites (N-methyl/N-ethyl adjacent to an activating group) is 1. The summed E-state index contributed by atoms with van der Waals surface area (Å²) in [5, 5.41) is 3.14. The van der Waals surface area contributed by atoms with E-state index in [1.807, 2.05) is 32.7 Å². The van der Waals surface area contributed by atoms with Crippen molar-refractivity contribution >= 4 is 23.4 Å². The summed E-state index contributed by atoms with van der Waals surface area (Å²) in [7, 11) is 1.87. The molecule has 0 spiro atoms. The molecule has 0 unspecified atom stereocenters. The molecule has 0 radical (unpaired) electrons. The molecule has 7 heteroatoms. The maximum absolute atomic E-state index is 13.5. The summed E-state index contributed by atoms with van der Waals surface area (Å²) in [6, 6.07) is 4.63. The van der Waals surface area contributed by atoms with Crippen LogP contribution >= 0.6 is 11.6 Å². The Labute approximate surface area is 177 Å². The van der Waals surface area contributed by atoms with Gasteiger partial charge >= 0.3 is 0 Å². The number of amides is 2. The van der Waals surface area contributed by atoms with Crippen molar-refractivity contribution in [3.63, 3.8) is 0 Å². The van der Waals surface area contributed by atoms with Crippen LogP contribution in [0.4, 0.5) is 4.39 Å². The molecule has 3 rings (SSSR count). The Hall–Kier alpha value is -1.66. The molecule has 2 heterocycles. The SMILES string of the molecule is CN(C(=O)CN1[C@@H]2CC[C@H]1C[C@H](CNC(=O)c1cc(F)cc(Cl)c1)C2)C(C)(C)C. The number of fused-ring (bicyclic) bond motifs is 2. The second-order valence-corrected chi connectivity index (χ2v) is 9.82. The predicted octanol–water partition coefficient (Wildman–Crippen LogP) is 3.71. The number of rotatable bonds is 5. The summed E-state index contributed by atoms with van der Waals surface area (Å²) in [6.07, 6.45) is 4.13. The van der Waals surface area contributed by atoms with Crippen molar-refractivity contribution in [2.75, 3.05) is 20.1 Å². The first-order valence-corrected chi connectivity index (χ1v) is 10.7. The lowest BCUT2D eigenvalue weighted by atomic mass is 9.90. The topological polar surface area (TPSA) is 52.7 Å². The van der Waals surface area contributed by atoms with Gasteiger partial charge in [-0.3, -0.25) is 14.5 Å². The first-order chi connectivity index (χ1) is 13.5. The highest BCUT2D eigenvalue weighted by atomic mass is 35.5. The van der Waals surface area contributed by atoms with Gasteiger partial charge in [0, 0.05) is 41.8 Å². The van der Waals surface area contributed by atoms with Crippen LogP contribution in [-0.2, 0) is 4.79 Å². The minimum absolute atomic E-state index is 0.157. The van der Waals surface area contributed by atoms with Gasteiger partial charge in [0.05, 0.1) is 6.54 Å². The number of nitrogens with zero attached hydrogens (tertiary/aromatic N) is 2. The molecule has 0 aromatic heterocycles. The van der Waals surface area contributed by atoms with Crippen LogP contribution in [-0.4, -0.2) is 59.4 Å². The second-order valence-electron chi connectivity index (χ2n) is 9.39. The van der Waals surface area contributed by atoms with Crippen LogP contribution in [0, 0.1) is 11.7 Å². The third kappa shape index (κ3) is 5.28. The van der Waals surface area contributed by atoms with Gasteiger partial charge in [-0.05, 0) is 70.6 Å². The van der Waals surface area contributed by atoms with Crippen LogP contribution in [0.3, 0.4) is 0 Å². The quantitative estimate of drug-likeness (QED) is 0.785. The Morgan fingerprint density at radius 1 is 1.21 bits per heavy atom. The number of hydrogen-bond acceptors (Lipinski definition) is 3. The van der Waals surface area contributed by atoms with E-state index in [9.17, 15) is 14.0 Å².